The molecule has 0 saturated carbocycles. The van der Waals surface area contributed by atoms with Crippen LogP contribution in [0.25, 0.3) is 0 Å². The van der Waals surface area contributed by atoms with Crippen LogP contribution in [-0.2, 0) is 0 Å². The topological polar surface area (TPSA) is 54.0 Å². The Balaban J connectivity index is 2.13. The molecule has 4 heteroatoms. The highest BCUT2D eigenvalue weighted by molar-refractivity contribution is 5.91. The first kappa shape index (κ1) is 9.15. The predicted octanol–water partition coefficient (Wildman–Crippen LogP) is 0.128. The Morgan fingerprint density at radius 3 is 2.79 bits per heavy atom. The molecule has 74 valence electrons. The molecule has 0 atom stereocenters. The maximum atomic E-state index is 11.2. The molecule has 1 amide bonds. The van der Waals surface area contributed by atoms with Crippen molar-refractivity contribution in [2.24, 2.45) is 0 Å². The molecule has 2 rings (SSSR count). The van der Waals surface area contributed by atoms with E-state index in [1.807, 2.05) is 6.07 Å². The van der Waals surface area contributed by atoms with Crippen molar-refractivity contribution >= 4 is 5.91 Å². The van der Waals surface area contributed by atoms with Gasteiger partial charge in [0.05, 0.1) is 0 Å². The first-order valence-electron chi connectivity index (χ1n) is 4.70. The summed E-state index contributed by atoms with van der Waals surface area (Å²) in [6, 6.07) is 3.75. The predicted molar refractivity (Wildman–Crippen MR) is 53.2 cm³/mol. The number of carbonyl (C=O) groups is 1. The lowest BCUT2D eigenvalue weighted by Gasteiger charge is -2.27. The zero-order chi connectivity index (χ0) is 9.97. The van der Waals surface area contributed by atoms with Crippen LogP contribution >= 0.6 is 0 Å². The molecule has 0 unspecified atom stereocenters. The molecule has 2 N–H and O–H groups in total. The van der Waals surface area contributed by atoms with Crippen molar-refractivity contribution in [2.75, 3.05) is 20.1 Å². The maximum absolute atomic E-state index is 11.2. The van der Waals surface area contributed by atoms with Gasteiger partial charge in [0.15, 0.2) is 0 Å². The van der Waals surface area contributed by atoms with E-state index in [9.17, 15) is 4.79 Å². The van der Waals surface area contributed by atoms with Gasteiger partial charge in [0.2, 0.25) is 0 Å². The SMILES string of the molecule is CNC(=O)c1ccc(C2CNC2)cn1. The van der Waals surface area contributed by atoms with Crippen LogP contribution in [-0.4, -0.2) is 31.0 Å². The van der Waals surface area contributed by atoms with E-state index in [-0.39, 0.29) is 5.91 Å². The minimum Gasteiger partial charge on any atom is -0.354 e. The smallest absolute Gasteiger partial charge is 0.269 e. The van der Waals surface area contributed by atoms with Crippen LogP contribution in [0.15, 0.2) is 18.3 Å². The number of nitrogens with one attached hydrogen (secondary N) is 2. The van der Waals surface area contributed by atoms with Crippen molar-refractivity contribution in [3.05, 3.63) is 29.6 Å². The van der Waals surface area contributed by atoms with Crippen molar-refractivity contribution < 1.29 is 4.79 Å². The van der Waals surface area contributed by atoms with Crippen LogP contribution in [0.4, 0.5) is 0 Å². The van der Waals surface area contributed by atoms with E-state index >= 15 is 0 Å². The summed E-state index contributed by atoms with van der Waals surface area (Å²) in [5, 5.41) is 5.75. The van der Waals surface area contributed by atoms with Crippen LogP contribution in [0.3, 0.4) is 0 Å². The third-order valence-corrected chi connectivity index (χ3v) is 2.50. The van der Waals surface area contributed by atoms with E-state index in [0.29, 0.717) is 11.6 Å². The molecular weight excluding hydrogens is 178 g/mol. The van der Waals surface area contributed by atoms with Crippen molar-refractivity contribution in [1.82, 2.24) is 15.6 Å². The van der Waals surface area contributed by atoms with E-state index in [0.717, 1.165) is 13.1 Å². The first-order valence-corrected chi connectivity index (χ1v) is 4.70. The Morgan fingerprint density at radius 1 is 1.57 bits per heavy atom. The third-order valence-electron chi connectivity index (χ3n) is 2.50. The summed E-state index contributed by atoms with van der Waals surface area (Å²) < 4.78 is 0. The molecule has 1 aliphatic rings. The molecule has 4 nitrogen and oxygen atoms in total. The van der Waals surface area contributed by atoms with Gasteiger partial charge in [0.1, 0.15) is 5.69 Å². The van der Waals surface area contributed by atoms with Gasteiger partial charge in [0, 0.05) is 32.3 Å². The molecule has 0 aromatic carbocycles. The molecular formula is C10H13N3O. The highest BCUT2D eigenvalue weighted by Gasteiger charge is 2.19. The van der Waals surface area contributed by atoms with E-state index in [1.54, 1.807) is 19.3 Å². The molecule has 1 fully saturated rings. The average molecular weight is 191 g/mol. The standard InChI is InChI=1S/C10H13N3O/c1-11-10(14)9-3-2-7(6-13-9)8-4-12-5-8/h2-3,6,8,12H,4-5H2,1H3,(H,11,14). The summed E-state index contributed by atoms with van der Waals surface area (Å²) >= 11 is 0. The molecule has 1 aromatic heterocycles. The normalized spacial score (nSPS) is 16.1. The van der Waals surface area contributed by atoms with Crippen LogP contribution in [0.2, 0.25) is 0 Å². The van der Waals surface area contributed by atoms with Crippen molar-refractivity contribution in [3.8, 4) is 0 Å². The number of nitrogens with zero attached hydrogens (tertiary/aromatic N) is 1. The van der Waals surface area contributed by atoms with Crippen LogP contribution < -0.4 is 10.6 Å². The van der Waals surface area contributed by atoms with E-state index in [4.69, 9.17) is 0 Å². The zero-order valence-corrected chi connectivity index (χ0v) is 8.08. The Kier molecular flexibility index (Phi) is 2.45. The van der Waals surface area contributed by atoms with E-state index in [2.05, 4.69) is 15.6 Å². The number of hydrogen-bond donors (Lipinski definition) is 2. The summed E-state index contributed by atoms with van der Waals surface area (Å²) in [4.78, 5) is 15.3. The Morgan fingerprint density at radius 2 is 2.36 bits per heavy atom. The third kappa shape index (κ3) is 1.61. The van der Waals surface area contributed by atoms with Crippen LogP contribution in [0.5, 0.6) is 0 Å². The fourth-order valence-electron chi connectivity index (χ4n) is 1.43. The molecule has 0 radical (unpaired) electrons. The highest BCUT2D eigenvalue weighted by atomic mass is 16.1. The zero-order valence-electron chi connectivity index (χ0n) is 8.08. The first-order chi connectivity index (χ1) is 6.81. The van der Waals surface area contributed by atoms with Gasteiger partial charge in [-0.1, -0.05) is 6.07 Å². The number of carbonyl (C=O) groups excluding carboxylic acids is 1. The molecule has 0 bridgehead atoms. The minimum atomic E-state index is -0.136. The van der Waals surface area contributed by atoms with E-state index < -0.39 is 0 Å². The number of amides is 1. The molecule has 1 saturated heterocycles. The molecule has 0 aliphatic carbocycles. The Labute approximate surface area is 82.7 Å². The lowest BCUT2D eigenvalue weighted by molar-refractivity contribution is 0.0958. The van der Waals surface area contributed by atoms with Gasteiger partial charge in [-0.3, -0.25) is 9.78 Å². The van der Waals surface area contributed by atoms with Gasteiger partial charge >= 0.3 is 0 Å². The van der Waals surface area contributed by atoms with Gasteiger partial charge in [-0.25, -0.2) is 0 Å². The number of hydrogen-bond acceptors (Lipinski definition) is 3. The fraction of sp³-hybridized carbons (Fsp3) is 0.400. The number of aromatic nitrogens is 1. The quantitative estimate of drug-likeness (QED) is 0.698. The average Bonchev–Trinajstić information content (AvgIpc) is 2.15. The maximum Gasteiger partial charge on any atom is 0.269 e. The van der Waals surface area contributed by atoms with Gasteiger partial charge in [-0.15, -0.1) is 0 Å². The van der Waals surface area contributed by atoms with Crippen LogP contribution in [0, 0.1) is 0 Å². The summed E-state index contributed by atoms with van der Waals surface area (Å²) in [7, 11) is 1.60. The Hall–Kier alpha value is -1.42. The molecule has 14 heavy (non-hydrogen) atoms. The summed E-state index contributed by atoms with van der Waals surface area (Å²) in [5.41, 5.74) is 1.68. The highest BCUT2D eigenvalue weighted by Crippen LogP contribution is 2.18. The second kappa shape index (κ2) is 3.75. The second-order valence-corrected chi connectivity index (χ2v) is 3.41. The van der Waals surface area contributed by atoms with Crippen molar-refractivity contribution in [2.45, 2.75) is 5.92 Å². The van der Waals surface area contributed by atoms with Gasteiger partial charge in [0.25, 0.3) is 5.91 Å². The van der Waals surface area contributed by atoms with Gasteiger partial charge in [-0.2, -0.15) is 0 Å². The summed E-state index contributed by atoms with van der Waals surface area (Å²) in [6.45, 7) is 2.03. The number of pyridine rings is 1. The lowest BCUT2D eigenvalue weighted by Crippen LogP contribution is -2.39. The number of rotatable bonds is 2. The Bertz CT molecular complexity index is 330. The largest absolute Gasteiger partial charge is 0.354 e. The fourth-order valence-corrected chi connectivity index (χ4v) is 1.43. The lowest BCUT2D eigenvalue weighted by atomic mass is 9.95. The minimum absolute atomic E-state index is 0.136. The molecule has 2 heterocycles. The summed E-state index contributed by atoms with van der Waals surface area (Å²) in [6.07, 6.45) is 1.79. The van der Waals surface area contributed by atoms with Crippen molar-refractivity contribution in [3.63, 3.8) is 0 Å². The van der Waals surface area contributed by atoms with E-state index in [1.165, 1.54) is 5.56 Å². The second-order valence-electron chi connectivity index (χ2n) is 3.41. The molecule has 1 aliphatic heterocycles. The molecule has 1 aromatic rings. The molecule has 0 spiro atoms. The van der Waals surface area contributed by atoms with Gasteiger partial charge < -0.3 is 10.6 Å². The van der Waals surface area contributed by atoms with Crippen molar-refractivity contribution in [1.29, 1.82) is 0 Å². The van der Waals surface area contributed by atoms with Crippen LogP contribution in [0.1, 0.15) is 22.0 Å². The van der Waals surface area contributed by atoms with Gasteiger partial charge in [-0.05, 0) is 11.6 Å². The summed E-state index contributed by atoms with van der Waals surface area (Å²) in [5.74, 6) is 0.435. The monoisotopic (exact) mass is 191 g/mol.